The lowest BCUT2D eigenvalue weighted by Gasteiger charge is -1.96. The van der Waals surface area contributed by atoms with Gasteiger partial charge in [0.1, 0.15) is 0 Å². The molecule has 0 aliphatic heterocycles. The standard InChI is InChI=1S/C17H16O/c1-2-3-4-5-6-7-9-14-17(15-18)16-12-10-8-11-13-16/h2-15H,1H2/b4-3+,6-5+,9-7+,17-14-. The molecule has 0 spiro atoms. The number of aldehydes is 1. The smallest absolute Gasteiger partial charge is 0.150 e. The molecule has 0 unspecified atom stereocenters. The van der Waals surface area contributed by atoms with E-state index in [0.717, 1.165) is 11.8 Å². The van der Waals surface area contributed by atoms with Gasteiger partial charge in [0.2, 0.25) is 0 Å². The first-order chi connectivity index (χ1) is 8.88. The average Bonchev–Trinajstić information content (AvgIpc) is 2.43. The zero-order valence-electron chi connectivity index (χ0n) is 10.2. The minimum absolute atomic E-state index is 0.668. The van der Waals surface area contributed by atoms with E-state index in [1.807, 2.05) is 66.8 Å². The van der Waals surface area contributed by atoms with Gasteiger partial charge in [-0.05, 0) is 5.56 Å². The van der Waals surface area contributed by atoms with E-state index in [1.165, 1.54) is 0 Å². The number of rotatable bonds is 6. The lowest BCUT2D eigenvalue weighted by atomic mass is 10.1. The zero-order valence-corrected chi connectivity index (χ0v) is 10.2. The molecule has 0 atom stereocenters. The summed E-state index contributed by atoms with van der Waals surface area (Å²) in [5.41, 5.74) is 1.59. The molecular formula is C17H16O. The Balaban J connectivity index is 2.67. The van der Waals surface area contributed by atoms with Crippen molar-refractivity contribution in [3.05, 3.63) is 91.1 Å². The Morgan fingerprint density at radius 2 is 1.50 bits per heavy atom. The van der Waals surface area contributed by atoms with Gasteiger partial charge in [-0.1, -0.05) is 85.5 Å². The van der Waals surface area contributed by atoms with E-state index in [1.54, 1.807) is 12.2 Å². The molecule has 0 fully saturated rings. The van der Waals surface area contributed by atoms with E-state index in [4.69, 9.17) is 0 Å². The summed E-state index contributed by atoms with van der Waals surface area (Å²) in [7, 11) is 0. The number of hydrogen-bond donors (Lipinski definition) is 0. The van der Waals surface area contributed by atoms with E-state index < -0.39 is 0 Å². The molecule has 1 aromatic carbocycles. The summed E-state index contributed by atoms with van der Waals surface area (Å²) >= 11 is 0. The van der Waals surface area contributed by atoms with Gasteiger partial charge in [0, 0.05) is 5.57 Å². The third-order valence-corrected chi connectivity index (χ3v) is 2.20. The molecule has 0 saturated carbocycles. The van der Waals surface area contributed by atoms with Crippen LogP contribution < -0.4 is 0 Å². The molecule has 0 N–H and O–H groups in total. The van der Waals surface area contributed by atoms with Gasteiger partial charge >= 0.3 is 0 Å². The highest BCUT2D eigenvalue weighted by Crippen LogP contribution is 2.11. The SMILES string of the molecule is C=C/C=C/C=C/C=C/C=C(/C=O)c1ccccc1. The van der Waals surface area contributed by atoms with Gasteiger partial charge in [-0.3, -0.25) is 4.79 Å². The Labute approximate surface area is 108 Å². The highest BCUT2D eigenvalue weighted by Gasteiger charge is 1.95. The van der Waals surface area contributed by atoms with E-state index in [0.29, 0.717) is 5.57 Å². The van der Waals surface area contributed by atoms with E-state index in [9.17, 15) is 4.79 Å². The molecule has 1 heteroatoms. The second-order valence-electron chi connectivity index (χ2n) is 3.50. The van der Waals surface area contributed by atoms with E-state index in [-0.39, 0.29) is 0 Å². The second kappa shape index (κ2) is 8.71. The van der Waals surface area contributed by atoms with Gasteiger partial charge in [-0.25, -0.2) is 0 Å². The third-order valence-electron chi connectivity index (χ3n) is 2.20. The Bertz CT molecular complexity index is 488. The van der Waals surface area contributed by atoms with Crippen molar-refractivity contribution in [1.29, 1.82) is 0 Å². The maximum atomic E-state index is 11.0. The number of carbonyl (C=O) groups is 1. The largest absolute Gasteiger partial charge is 0.298 e. The summed E-state index contributed by atoms with van der Waals surface area (Å²) in [5, 5.41) is 0. The molecule has 0 amide bonds. The Hall–Kier alpha value is -2.41. The molecule has 1 rings (SSSR count). The molecule has 0 bridgehead atoms. The van der Waals surface area contributed by atoms with E-state index >= 15 is 0 Å². The van der Waals surface area contributed by atoms with Crippen LogP contribution in [0.3, 0.4) is 0 Å². The predicted octanol–water partition coefficient (Wildman–Crippen LogP) is 4.12. The fraction of sp³-hybridized carbons (Fsp3) is 0. The van der Waals surface area contributed by atoms with Crippen LogP contribution in [0.2, 0.25) is 0 Å². The van der Waals surface area contributed by atoms with Gasteiger partial charge in [-0.2, -0.15) is 0 Å². The van der Waals surface area contributed by atoms with Crippen molar-refractivity contribution in [3.63, 3.8) is 0 Å². The summed E-state index contributed by atoms with van der Waals surface area (Å²) in [6, 6.07) is 9.58. The average molecular weight is 236 g/mol. The number of hydrogen-bond acceptors (Lipinski definition) is 1. The van der Waals surface area contributed by atoms with Gasteiger partial charge in [0.15, 0.2) is 6.29 Å². The summed E-state index contributed by atoms with van der Waals surface area (Å²) < 4.78 is 0. The highest BCUT2D eigenvalue weighted by molar-refractivity contribution is 6.07. The maximum absolute atomic E-state index is 11.0. The predicted molar refractivity (Wildman–Crippen MR) is 78.1 cm³/mol. The first-order valence-corrected chi connectivity index (χ1v) is 5.72. The molecule has 0 saturated heterocycles. The molecule has 0 aliphatic rings. The van der Waals surface area contributed by atoms with Crippen molar-refractivity contribution in [2.45, 2.75) is 0 Å². The van der Waals surface area contributed by atoms with Crippen molar-refractivity contribution < 1.29 is 4.79 Å². The second-order valence-corrected chi connectivity index (χ2v) is 3.50. The Morgan fingerprint density at radius 1 is 0.889 bits per heavy atom. The molecule has 90 valence electrons. The molecule has 1 nitrogen and oxygen atoms in total. The topological polar surface area (TPSA) is 17.1 Å². The summed E-state index contributed by atoms with van der Waals surface area (Å²) in [5.74, 6) is 0. The van der Waals surface area contributed by atoms with Gasteiger partial charge in [0.25, 0.3) is 0 Å². The minimum atomic E-state index is 0.668. The maximum Gasteiger partial charge on any atom is 0.150 e. The van der Waals surface area contributed by atoms with Gasteiger partial charge < -0.3 is 0 Å². The Morgan fingerprint density at radius 3 is 2.11 bits per heavy atom. The molecule has 0 radical (unpaired) electrons. The molecule has 0 aromatic heterocycles. The summed E-state index contributed by atoms with van der Waals surface area (Å²) in [6.07, 6.45) is 15.6. The van der Waals surface area contributed by atoms with Crippen LogP contribution in [0.25, 0.3) is 5.57 Å². The fourth-order valence-electron chi connectivity index (χ4n) is 1.33. The van der Waals surface area contributed by atoms with Crippen molar-refractivity contribution >= 4 is 11.9 Å². The lowest BCUT2D eigenvalue weighted by molar-refractivity contribution is -0.103. The lowest BCUT2D eigenvalue weighted by Crippen LogP contribution is -1.83. The van der Waals surface area contributed by atoms with Crippen LogP contribution in [0, 0.1) is 0 Å². The molecule has 1 aromatic rings. The van der Waals surface area contributed by atoms with Gasteiger partial charge in [-0.15, -0.1) is 0 Å². The Kier molecular flexibility index (Phi) is 6.61. The fourth-order valence-corrected chi connectivity index (χ4v) is 1.33. The number of benzene rings is 1. The van der Waals surface area contributed by atoms with Crippen LogP contribution in [-0.2, 0) is 4.79 Å². The van der Waals surface area contributed by atoms with Crippen LogP contribution in [0.4, 0.5) is 0 Å². The summed E-state index contributed by atoms with van der Waals surface area (Å²) in [4.78, 5) is 11.0. The number of carbonyl (C=O) groups excluding carboxylic acids is 1. The molecule has 0 heterocycles. The normalized spacial score (nSPS) is 12.6. The number of allylic oxidation sites excluding steroid dienone is 9. The van der Waals surface area contributed by atoms with Crippen LogP contribution in [-0.4, -0.2) is 6.29 Å². The monoisotopic (exact) mass is 236 g/mol. The van der Waals surface area contributed by atoms with Crippen LogP contribution in [0.1, 0.15) is 5.56 Å². The first kappa shape index (κ1) is 13.7. The van der Waals surface area contributed by atoms with Crippen molar-refractivity contribution in [2.24, 2.45) is 0 Å². The quantitative estimate of drug-likeness (QED) is 0.412. The molecular weight excluding hydrogens is 220 g/mol. The summed E-state index contributed by atoms with van der Waals surface area (Å²) in [6.45, 7) is 3.58. The minimum Gasteiger partial charge on any atom is -0.298 e. The third kappa shape index (κ3) is 5.08. The van der Waals surface area contributed by atoms with Crippen LogP contribution >= 0.6 is 0 Å². The van der Waals surface area contributed by atoms with Crippen LogP contribution in [0.5, 0.6) is 0 Å². The highest BCUT2D eigenvalue weighted by atomic mass is 16.1. The molecule has 18 heavy (non-hydrogen) atoms. The zero-order chi connectivity index (χ0) is 13.1. The first-order valence-electron chi connectivity index (χ1n) is 5.72. The van der Waals surface area contributed by atoms with E-state index in [2.05, 4.69) is 6.58 Å². The van der Waals surface area contributed by atoms with Crippen molar-refractivity contribution in [2.75, 3.05) is 0 Å². The molecule has 0 aliphatic carbocycles. The van der Waals surface area contributed by atoms with Crippen molar-refractivity contribution in [1.82, 2.24) is 0 Å². The van der Waals surface area contributed by atoms with Gasteiger partial charge in [0.05, 0.1) is 0 Å². The van der Waals surface area contributed by atoms with Crippen LogP contribution in [0.15, 0.2) is 85.5 Å². The van der Waals surface area contributed by atoms with Crippen molar-refractivity contribution in [3.8, 4) is 0 Å².